The average Bonchev–Trinajstić information content (AvgIpc) is 2.61. The second-order valence-electron chi connectivity index (χ2n) is 6.23. The summed E-state index contributed by atoms with van der Waals surface area (Å²) in [6, 6.07) is 12.6. The molecule has 0 atom stereocenters. The van der Waals surface area contributed by atoms with Crippen molar-refractivity contribution in [1.29, 1.82) is 0 Å². The number of rotatable bonds is 6. The summed E-state index contributed by atoms with van der Waals surface area (Å²) in [6.07, 6.45) is 3.33. The molecular formula is C19H23ClFN3. The van der Waals surface area contributed by atoms with E-state index in [0.29, 0.717) is 5.15 Å². The Hall–Kier alpha value is -1.65. The van der Waals surface area contributed by atoms with Crippen molar-refractivity contribution in [3.05, 3.63) is 59.0 Å². The van der Waals surface area contributed by atoms with Gasteiger partial charge in [-0.05, 0) is 55.6 Å². The Balaban J connectivity index is 1.36. The van der Waals surface area contributed by atoms with Crippen LogP contribution < -0.4 is 4.90 Å². The Bertz CT molecular complexity index is 639. The highest BCUT2D eigenvalue weighted by atomic mass is 35.5. The van der Waals surface area contributed by atoms with E-state index in [1.54, 1.807) is 12.1 Å². The van der Waals surface area contributed by atoms with Gasteiger partial charge < -0.3 is 4.90 Å². The van der Waals surface area contributed by atoms with E-state index in [-0.39, 0.29) is 5.82 Å². The fourth-order valence-electron chi connectivity index (χ4n) is 3.09. The van der Waals surface area contributed by atoms with E-state index in [1.165, 1.54) is 12.0 Å². The van der Waals surface area contributed by atoms with Crippen LogP contribution in [-0.4, -0.2) is 42.6 Å². The van der Waals surface area contributed by atoms with Crippen LogP contribution in [-0.2, 0) is 6.42 Å². The maximum absolute atomic E-state index is 12.9. The van der Waals surface area contributed by atoms with Crippen LogP contribution in [0.2, 0.25) is 5.15 Å². The van der Waals surface area contributed by atoms with E-state index < -0.39 is 0 Å². The number of aromatic nitrogens is 1. The smallest absolute Gasteiger partial charge is 0.131 e. The predicted molar refractivity (Wildman–Crippen MR) is 97.2 cm³/mol. The molecule has 1 aliphatic heterocycles. The topological polar surface area (TPSA) is 19.4 Å². The van der Waals surface area contributed by atoms with E-state index in [2.05, 4.69) is 14.8 Å². The summed E-state index contributed by atoms with van der Waals surface area (Å²) in [5, 5.41) is 0.552. The Morgan fingerprint density at radius 3 is 2.42 bits per heavy atom. The van der Waals surface area contributed by atoms with E-state index in [4.69, 9.17) is 11.6 Å². The molecule has 0 unspecified atom stereocenters. The minimum Gasteiger partial charge on any atom is -0.354 e. The summed E-state index contributed by atoms with van der Waals surface area (Å²) in [5.74, 6) is 0.810. The molecule has 0 saturated carbocycles. The number of nitrogens with zero attached hydrogens (tertiary/aromatic N) is 3. The van der Waals surface area contributed by atoms with Crippen LogP contribution in [0.4, 0.5) is 10.2 Å². The van der Waals surface area contributed by atoms with E-state index >= 15 is 0 Å². The normalized spacial score (nSPS) is 15.7. The van der Waals surface area contributed by atoms with Gasteiger partial charge in [0.15, 0.2) is 0 Å². The standard InChI is InChI=1S/C19H23ClFN3/c20-18-5-3-6-19(22-18)24-14-12-23(13-15-24)11-2-1-4-16-7-9-17(21)10-8-16/h3,5-10H,1-2,4,11-15H2. The van der Waals surface area contributed by atoms with Crippen molar-refractivity contribution in [1.82, 2.24) is 9.88 Å². The van der Waals surface area contributed by atoms with Crippen molar-refractivity contribution in [3.8, 4) is 0 Å². The average molecular weight is 348 g/mol. The summed E-state index contributed by atoms with van der Waals surface area (Å²) in [6.45, 7) is 5.23. The zero-order valence-electron chi connectivity index (χ0n) is 13.8. The SMILES string of the molecule is Fc1ccc(CCCCN2CCN(c3cccc(Cl)n3)CC2)cc1. The quantitative estimate of drug-likeness (QED) is 0.581. The highest BCUT2D eigenvalue weighted by molar-refractivity contribution is 6.29. The van der Waals surface area contributed by atoms with Gasteiger partial charge in [-0.3, -0.25) is 4.90 Å². The van der Waals surface area contributed by atoms with Gasteiger partial charge in [-0.1, -0.05) is 29.8 Å². The molecule has 3 nitrogen and oxygen atoms in total. The maximum atomic E-state index is 12.9. The van der Waals surface area contributed by atoms with Gasteiger partial charge in [0.1, 0.15) is 16.8 Å². The molecule has 2 heterocycles. The van der Waals surface area contributed by atoms with Gasteiger partial charge >= 0.3 is 0 Å². The predicted octanol–water partition coefficient (Wildman–Crippen LogP) is 4.02. The lowest BCUT2D eigenvalue weighted by Crippen LogP contribution is -2.46. The molecule has 1 aromatic carbocycles. The molecule has 5 heteroatoms. The minimum atomic E-state index is -0.161. The molecule has 0 spiro atoms. The summed E-state index contributed by atoms with van der Waals surface area (Å²) in [5.41, 5.74) is 1.22. The first-order valence-electron chi connectivity index (χ1n) is 8.55. The molecule has 3 rings (SSSR count). The summed E-state index contributed by atoms with van der Waals surface area (Å²) in [7, 11) is 0. The highest BCUT2D eigenvalue weighted by Crippen LogP contribution is 2.16. The largest absolute Gasteiger partial charge is 0.354 e. The summed E-state index contributed by atoms with van der Waals surface area (Å²) in [4.78, 5) is 9.18. The molecule has 0 radical (unpaired) electrons. The molecule has 24 heavy (non-hydrogen) atoms. The summed E-state index contributed by atoms with van der Waals surface area (Å²) < 4.78 is 12.9. The molecule has 0 amide bonds. The molecule has 0 bridgehead atoms. The fraction of sp³-hybridized carbons (Fsp3) is 0.421. The van der Waals surface area contributed by atoms with Crippen LogP contribution >= 0.6 is 11.6 Å². The van der Waals surface area contributed by atoms with Crippen molar-refractivity contribution in [2.24, 2.45) is 0 Å². The molecule has 0 N–H and O–H groups in total. The number of unbranched alkanes of at least 4 members (excludes halogenated alkanes) is 1. The first-order valence-corrected chi connectivity index (χ1v) is 8.93. The van der Waals surface area contributed by atoms with Crippen molar-refractivity contribution < 1.29 is 4.39 Å². The first kappa shape index (κ1) is 17.2. The second kappa shape index (κ2) is 8.45. The van der Waals surface area contributed by atoms with Crippen LogP contribution in [0, 0.1) is 5.82 Å². The van der Waals surface area contributed by atoms with E-state index in [1.807, 2.05) is 30.3 Å². The molecule has 1 aliphatic rings. The van der Waals surface area contributed by atoms with Crippen molar-refractivity contribution in [2.75, 3.05) is 37.6 Å². The van der Waals surface area contributed by atoms with Crippen molar-refractivity contribution >= 4 is 17.4 Å². The van der Waals surface area contributed by atoms with Crippen LogP contribution in [0.3, 0.4) is 0 Å². The van der Waals surface area contributed by atoms with Crippen LogP contribution in [0.1, 0.15) is 18.4 Å². The highest BCUT2D eigenvalue weighted by Gasteiger charge is 2.17. The van der Waals surface area contributed by atoms with Crippen molar-refractivity contribution in [2.45, 2.75) is 19.3 Å². The van der Waals surface area contributed by atoms with Crippen molar-refractivity contribution in [3.63, 3.8) is 0 Å². The zero-order chi connectivity index (χ0) is 16.8. The Labute approximate surface area is 148 Å². The fourth-order valence-corrected chi connectivity index (χ4v) is 3.25. The lowest BCUT2D eigenvalue weighted by molar-refractivity contribution is 0.252. The van der Waals surface area contributed by atoms with Gasteiger partial charge in [0, 0.05) is 26.2 Å². The minimum absolute atomic E-state index is 0.161. The lowest BCUT2D eigenvalue weighted by Gasteiger charge is -2.35. The van der Waals surface area contributed by atoms with Crippen LogP contribution in [0.15, 0.2) is 42.5 Å². The molecule has 2 aromatic rings. The van der Waals surface area contributed by atoms with Gasteiger partial charge in [0.25, 0.3) is 0 Å². The van der Waals surface area contributed by atoms with Gasteiger partial charge in [0.05, 0.1) is 0 Å². The van der Waals surface area contributed by atoms with Gasteiger partial charge in [-0.15, -0.1) is 0 Å². The third-order valence-corrected chi connectivity index (χ3v) is 4.71. The second-order valence-corrected chi connectivity index (χ2v) is 6.62. The number of aryl methyl sites for hydroxylation is 1. The number of benzene rings is 1. The summed E-state index contributed by atoms with van der Waals surface area (Å²) >= 11 is 5.97. The number of anilines is 1. The molecule has 1 aromatic heterocycles. The van der Waals surface area contributed by atoms with Crippen LogP contribution in [0.25, 0.3) is 0 Å². The Morgan fingerprint density at radius 1 is 0.958 bits per heavy atom. The maximum Gasteiger partial charge on any atom is 0.131 e. The third-order valence-electron chi connectivity index (χ3n) is 4.50. The van der Waals surface area contributed by atoms with Crippen LogP contribution in [0.5, 0.6) is 0 Å². The van der Waals surface area contributed by atoms with Gasteiger partial charge in [-0.2, -0.15) is 0 Å². The number of hydrogen-bond donors (Lipinski definition) is 0. The number of piperazine rings is 1. The molecule has 128 valence electrons. The number of halogens is 2. The zero-order valence-corrected chi connectivity index (χ0v) is 14.6. The lowest BCUT2D eigenvalue weighted by atomic mass is 10.1. The Morgan fingerprint density at radius 2 is 1.71 bits per heavy atom. The molecular weight excluding hydrogens is 325 g/mol. The molecule has 0 aliphatic carbocycles. The first-order chi connectivity index (χ1) is 11.7. The van der Waals surface area contributed by atoms with E-state index in [9.17, 15) is 4.39 Å². The van der Waals surface area contributed by atoms with Gasteiger partial charge in [-0.25, -0.2) is 9.37 Å². The third kappa shape index (κ3) is 4.92. The number of pyridine rings is 1. The van der Waals surface area contributed by atoms with E-state index in [0.717, 1.165) is 51.4 Å². The molecule has 1 fully saturated rings. The van der Waals surface area contributed by atoms with Gasteiger partial charge in [0.2, 0.25) is 0 Å². The monoisotopic (exact) mass is 347 g/mol. The number of hydrogen-bond acceptors (Lipinski definition) is 3. The molecule has 1 saturated heterocycles. The Kier molecular flexibility index (Phi) is 6.05.